The summed E-state index contributed by atoms with van der Waals surface area (Å²) in [6.45, 7) is 0. The predicted octanol–water partition coefficient (Wildman–Crippen LogP) is 2.88. The van der Waals surface area contributed by atoms with E-state index in [1.165, 1.54) is 0 Å². The molecule has 6 nitrogen and oxygen atoms in total. The standard InChI is InChI=1S/C18H11N3O3S/c1-24-14-8-6-12(7-9-14)15(22)17-20-18(25-21-17)16(23)13-4-2-11(10-19)3-5-13/h2-9H,1H3. The summed E-state index contributed by atoms with van der Waals surface area (Å²) in [6.07, 6.45) is 0. The maximum Gasteiger partial charge on any atom is 0.231 e. The molecule has 0 aliphatic heterocycles. The van der Waals surface area contributed by atoms with Crippen molar-refractivity contribution in [2.75, 3.05) is 7.11 Å². The summed E-state index contributed by atoms with van der Waals surface area (Å²) in [4.78, 5) is 28.9. The van der Waals surface area contributed by atoms with Gasteiger partial charge in [0.2, 0.25) is 17.4 Å². The lowest BCUT2D eigenvalue weighted by Crippen LogP contribution is -2.06. The largest absolute Gasteiger partial charge is 0.497 e. The van der Waals surface area contributed by atoms with E-state index in [-0.39, 0.29) is 22.4 Å². The number of nitriles is 1. The monoisotopic (exact) mass is 349 g/mol. The molecule has 0 fully saturated rings. The van der Waals surface area contributed by atoms with Gasteiger partial charge in [-0.3, -0.25) is 9.59 Å². The lowest BCUT2D eigenvalue weighted by atomic mass is 10.1. The Morgan fingerprint density at radius 3 is 2.20 bits per heavy atom. The molecule has 122 valence electrons. The van der Waals surface area contributed by atoms with Crippen LogP contribution in [-0.4, -0.2) is 28.0 Å². The third-order valence-electron chi connectivity index (χ3n) is 3.45. The van der Waals surface area contributed by atoms with Crippen molar-refractivity contribution in [2.45, 2.75) is 0 Å². The van der Waals surface area contributed by atoms with Crippen molar-refractivity contribution in [3.05, 3.63) is 76.1 Å². The first kappa shape index (κ1) is 16.5. The molecule has 0 N–H and O–H groups in total. The van der Waals surface area contributed by atoms with Crippen LogP contribution < -0.4 is 4.74 Å². The Morgan fingerprint density at radius 1 is 1.00 bits per heavy atom. The van der Waals surface area contributed by atoms with Crippen LogP contribution in [0.2, 0.25) is 0 Å². The number of carbonyl (C=O) groups excluding carboxylic acids is 2. The van der Waals surface area contributed by atoms with Crippen LogP contribution in [0.4, 0.5) is 0 Å². The van der Waals surface area contributed by atoms with E-state index >= 15 is 0 Å². The Kier molecular flexibility index (Phi) is 4.64. The van der Waals surface area contributed by atoms with Gasteiger partial charge in [0, 0.05) is 11.1 Å². The summed E-state index contributed by atoms with van der Waals surface area (Å²) < 4.78 is 9.04. The Hall–Kier alpha value is -3.37. The third kappa shape index (κ3) is 3.44. The molecule has 3 aromatic rings. The average molecular weight is 349 g/mol. The van der Waals surface area contributed by atoms with Crippen molar-refractivity contribution >= 4 is 23.1 Å². The van der Waals surface area contributed by atoms with E-state index in [0.717, 1.165) is 11.5 Å². The molecular weight excluding hydrogens is 338 g/mol. The zero-order valence-corrected chi connectivity index (χ0v) is 13.9. The minimum absolute atomic E-state index is 0.0211. The minimum Gasteiger partial charge on any atom is -0.497 e. The fraction of sp³-hybridized carbons (Fsp3) is 0.0556. The van der Waals surface area contributed by atoms with Crippen LogP contribution in [0.3, 0.4) is 0 Å². The van der Waals surface area contributed by atoms with Crippen LogP contribution >= 0.6 is 11.5 Å². The number of methoxy groups -OCH3 is 1. The number of ether oxygens (including phenoxy) is 1. The van der Waals surface area contributed by atoms with Gasteiger partial charge in [-0.1, -0.05) is 0 Å². The number of hydrogen-bond acceptors (Lipinski definition) is 7. The molecule has 0 spiro atoms. The lowest BCUT2D eigenvalue weighted by Gasteiger charge is -2.00. The molecule has 0 atom stereocenters. The molecule has 25 heavy (non-hydrogen) atoms. The number of aromatic nitrogens is 2. The van der Waals surface area contributed by atoms with Gasteiger partial charge in [0.1, 0.15) is 5.75 Å². The summed E-state index contributed by atoms with van der Waals surface area (Å²) in [5.41, 5.74) is 1.26. The molecule has 3 rings (SSSR count). The Morgan fingerprint density at radius 2 is 1.60 bits per heavy atom. The van der Waals surface area contributed by atoms with Gasteiger partial charge in [-0.15, -0.1) is 0 Å². The lowest BCUT2D eigenvalue weighted by molar-refractivity contribution is 0.103. The molecule has 0 radical (unpaired) electrons. The molecule has 1 heterocycles. The van der Waals surface area contributed by atoms with Crippen molar-refractivity contribution in [3.63, 3.8) is 0 Å². The number of rotatable bonds is 5. The van der Waals surface area contributed by atoms with Gasteiger partial charge in [0.05, 0.1) is 18.7 Å². The van der Waals surface area contributed by atoms with Crippen molar-refractivity contribution in [2.24, 2.45) is 0 Å². The molecule has 1 aromatic heterocycles. The molecule has 0 saturated heterocycles. The maximum atomic E-state index is 12.4. The van der Waals surface area contributed by atoms with E-state index in [0.29, 0.717) is 22.4 Å². The summed E-state index contributed by atoms with van der Waals surface area (Å²) in [5.74, 6) is -0.0832. The van der Waals surface area contributed by atoms with E-state index < -0.39 is 0 Å². The first-order chi connectivity index (χ1) is 12.1. The number of hydrogen-bond donors (Lipinski definition) is 0. The van der Waals surface area contributed by atoms with Gasteiger partial charge in [-0.25, -0.2) is 4.98 Å². The SMILES string of the molecule is COc1ccc(C(=O)c2nsc(C(=O)c3ccc(C#N)cc3)n2)cc1. The van der Waals surface area contributed by atoms with E-state index in [2.05, 4.69) is 9.36 Å². The first-order valence-corrected chi connectivity index (χ1v) is 7.97. The van der Waals surface area contributed by atoms with Crippen LogP contribution in [0.5, 0.6) is 5.75 Å². The van der Waals surface area contributed by atoms with Crippen molar-refractivity contribution in [1.29, 1.82) is 5.26 Å². The summed E-state index contributed by atoms with van der Waals surface area (Å²) in [7, 11) is 1.54. The van der Waals surface area contributed by atoms with Crippen LogP contribution in [0.25, 0.3) is 0 Å². The summed E-state index contributed by atoms with van der Waals surface area (Å²) >= 11 is 0.872. The Balaban J connectivity index is 1.82. The maximum absolute atomic E-state index is 12.4. The van der Waals surface area contributed by atoms with Crippen molar-refractivity contribution < 1.29 is 14.3 Å². The highest BCUT2D eigenvalue weighted by molar-refractivity contribution is 7.08. The van der Waals surface area contributed by atoms with Crippen LogP contribution in [-0.2, 0) is 0 Å². The molecular formula is C18H11N3O3S. The van der Waals surface area contributed by atoms with Crippen molar-refractivity contribution in [1.82, 2.24) is 9.36 Å². The molecule has 0 amide bonds. The summed E-state index contributed by atoms with van der Waals surface area (Å²) in [6, 6.07) is 14.8. The second-order valence-corrected chi connectivity index (χ2v) is 5.75. The molecule has 7 heteroatoms. The van der Waals surface area contributed by atoms with Gasteiger partial charge in [-0.2, -0.15) is 9.64 Å². The molecule has 0 aliphatic rings. The molecule has 0 aliphatic carbocycles. The smallest absolute Gasteiger partial charge is 0.231 e. The topological polar surface area (TPSA) is 92.9 Å². The third-order valence-corrected chi connectivity index (χ3v) is 4.17. The molecule has 0 bridgehead atoms. The highest BCUT2D eigenvalue weighted by Gasteiger charge is 2.20. The zero-order chi connectivity index (χ0) is 17.8. The van der Waals surface area contributed by atoms with Crippen molar-refractivity contribution in [3.8, 4) is 11.8 Å². The quantitative estimate of drug-likeness (QED) is 0.658. The fourth-order valence-corrected chi connectivity index (χ4v) is 2.72. The minimum atomic E-state index is -0.363. The van der Waals surface area contributed by atoms with Crippen LogP contribution in [0.15, 0.2) is 48.5 Å². The van der Waals surface area contributed by atoms with Gasteiger partial charge in [-0.05, 0) is 60.1 Å². The Labute approximate surface area is 147 Å². The Bertz CT molecular complexity index is 970. The van der Waals surface area contributed by atoms with E-state index in [9.17, 15) is 9.59 Å². The predicted molar refractivity (Wildman–Crippen MR) is 90.9 cm³/mol. The first-order valence-electron chi connectivity index (χ1n) is 7.19. The fourth-order valence-electron chi connectivity index (χ4n) is 2.10. The van der Waals surface area contributed by atoms with Crippen LogP contribution in [0.1, 0.15) is 37.1 Å². The number of nitrogens with zero attached hydrogens (tertiary/aromatic N) is 3. The zero-order valence-electron chi connectivity index (χ0n) is 13.1. The second kappa shape index (κ2) is 7.03. The van der Waals surface area contributed by atoms with Gasteiger partial charge in [0.15, 0.2) is 5.01 Å². The van der Waals surface area contributed by atoms with E-state index in [4.69, 9.17) is 10.00 Å². The number of benzene rings is 2. The number of ketones is 2. The molecule has 2 aromatic carbocycles. The summed E-state index contributed by atoms with van der Waals surface area (Å²) in [5, 5.41) is 8.92. The van der Waals surface area contributed by atoms with Gasteiger partial charge >= 0.3 is 0 Å². The highest BCUT2D eigenvalue weighted by atomic mass is 32.1. The van der Waals surface area contributed by atoms with Gasteiger partial charge < -0.3 is 4.74 Å². The molecule has 0 unspecified atom stereocenters. The molecule has 0 saturated carbocycles. The van der Waals surface area contributed by atoms with Crippen LogP contribution in [0, 0.1) is 11.3 Å². The normalized spacial score (nSPS) is 10.1. The average Bonchev–Trinajstić information content (AvgIpc) is 3.17. The van der Waals surface area contributed by atoms with E-state index in [1.54, 1.807) is 55.6 Å². The highest BCUT2D eigenvalue weighted by Crippen LogP contribution is 2.17. The van der Waals surface area contributed by atoms with Gasteiger partial charge in [0.25, 0.3) is 0 Å². The number of carbonyl (C=O) groups is 2. The van der Waals surface area contributed by atoms with E-state index in [1.807, 2.05) is 6.07 Å². The second-order valence-electron chi connectivity index (χ2n) is 5.00.